The van der Waals surface area contributed by atoms with Gasteiger partial charge in [-0.15, -0.1) is 8.78 Å². The average molecular weight is 612 g/mol. The molecule has 12 heteroatoms. The van der Waals surface area contributed by atoms with Crippen LogP contribution < -0.4 is 10.1 Å². The summed E-state index contributed by atoms with van der Waals surface area (Å²) in [6.45, 7) is -0.0858. The third-order valence-electron chi connectivity index (χ3n) is 7.27. The van der Waals surface area contributed by atoms with Gasteiger partial charge in [-0.25, -0.2) is 4.74 Å². The van der Waals surface area contributed by atoms with Crippen molar-refractivity contribution in [1.82, 2.24) is 5.32 Å². The minimum atomic E-state index is -4.57. The summed E-state index contributed by atoms with van der Waals surface area (Å²) in [7, 11) is 0. The van der Waals surface area contributed by atoms with Crippen LogP contribution in [0.5, 0.6) is 5.75 Å². The van der Waals surface area contributed by atoms with Gasteiger partial charge in [0, 0.05) is 28.8 Å². The van der Waals surface area contributed by atoms with Crippen molar-refractivity contribution in [2.75, 3.05) is 6.54 Å². The van der Waals surface area contributed by atoms with Crippen LogP contribution in [0.2, 0.25) is 0 Å². The summed E-state index contributed by atoms with van der Waals surface area (Å²) >= 11 is 0. The summed E-state index contributed by atoms with van der Waals surface area (Å²) in [5.74, 6) is -3.92. The van der Waals surface area contributed by atoms with Crippen LogP contribution in [0.25, 0.3) is 5.57 Å². The number of Topliss-reactive ketones (excluding diaryl/α,β-unsaturated/α-hetero) is 1. The Morgan fingerprint density at radius 1 is 0.818 bits per heavy atom. The molecule has 1 aliphatic heterocycles. The van der Waals surface area contributed by atoms with Crippen LogP contribution in [0.15, 0.2) is 66.7 Å². The number of allylic oxidation sites excluding steroid dienone is 2. The van der Waals surface area contributed by atoms with Gasteiger partial charge in [-0.2, -0.15) is 8.78 Å². The molecule has 1 amide bonds. The number of amides is 1. The highest BCUT2D eigenvalue weighted by Crippen LogP contribution is 2.46. The molecule has 0 saturated carbocycles. The van der Waals surface area contributed by atoms with E-state index in [1.807, 2.05) is 6.07 Å². The van der Waals surface area contributed by atoms with Crippen LogP contribution in [0.4, 0.5) is 17.6 Å². The first-order valence-electron chi connectivity index (χ1n) is 13.7. The van der Waals surface area contributed by atoms with Gasteiger partial charge in [0.2, 0.25) is 0 Å². The fourth-order valence-corrected chi connectivity index (χ4v) is 5.06. The minimum absolute atomic E-state index is 0.0504. The molecule has 0 unspecified atom stereocenters. The summed E-state index contributed by atoms with van der Waals surface area (Å²) in [4.78, 5) is 50.2. The van der Waals surface area contributed by atoms with Gasteiger partial charge in [-0.3, -0.25) is 19.2 Å². The van der Waals surface area contributed by atoms with Crippen molar-refractivity contribution in [2.45, 2.75) is 44.5 Å². The number of ether oxygens (including phenoxy) is 2. The number of ketones is 2. The van der Waals surface area contributed by atoms with Crippen LogP contribution in [0.1, 0.15) is 72.6 Å². The molecule has 5 rings (SSSR count). The number of hydrogen-bond acceptors (Lipinski definition) is 6. The van der Waals surface area contributed by atoms with Crippen molar-refractivity contribution in [3.8, 4) is 5.75 Å². The molecule has 3 aromatic rings. The predicted octanol–water partition coefficient (Wildman–Crippen LogP) is 5.93. The minimum Gasteiger partial charge on any atom is -0.481 e. The van der Waals surface area contributed by atoms with Crippen LogP contribution >= 0.6 is 0 Å². The number of carboxylic acids is 1. The molecule has 0 aromatic heterocycles. The van der Waals surface area contributed by atoms with E-state index in [9.17, 15) is 36.7 Å². The van der Waals surface area contributed by atoms with Crippen LogP contribution in [0.3, 0.4) is 0 Å². The van der Waals surface area contributed by atoms with Gasteiger partial charge in [-0.05, 0) is 78.8 Å². The van der Waals surface area contributed by atoms with Crippen molar-refractivity contribution in [3.05, 3.63) is 106 Å². The van der Waals surface area contributed by atoms with Gasteiger partial charge < -0.3 is 15.2 Å². The Balaban J connectivity index is 1.48. The highest BCUT2D eigenvalue weighted by atomic mass is 19.3. The zero-order chi connectivity index (χ0) is 31.6. The second kappa shape index (κ2) is 12.0. The fourth-order valence-electron chi connectivity index (χ4n) is 5.06. The maximum absolute atomic E-state index is 14.3. The van der Waals surface area contributed by atoms with Gasteiger partial charge in [0.15, 0.2) is 11.6 Å². The molecule has 0 spiro atoms. The molecule has 1 heterocycles. The monoisotopic (exact) mass is 611 g/mol. The number of alkyl halides is 4. The van der Waals surface area contributed by atoms with E-state index in [2.05, 4.69) is 14.8 Å². The van der Waals surface area contributed by atoms with E-state index in [0.29, 0.717) is 11.6 Å². The van der Waals surface area contributed by atoms with Crippen molar-refractivity contribution in [2.24, 2.45) is 0 Å². The molecule has 3 aromatic carbocycles. The zero-order valence-corrected chi connectivity index (χ0v) is 23.0. The number of fused-ring (bicyclic) bond motifs is 2. The standard InChI is InChI=1S/C32H25F4NO7/c33-31(34)25-16-23(11-12-27(25)43-32(35,36)44-31)26(38)17-24(22-10-5-18-3-1-2-4-21(18)15-22)29(41)19-6-8-20(9-7-19)30(42)37-14-13-28(39)40/h5-12,15-17H,1-4,13-14H2,(H,37,42)(H,39,40). The molecular formula is C32H25F4NO7. The largest absolute Gasteiger partial charge is 0.540 e. The quantitative estimate of drug-likeness (QED) is 0.175. The second-order valence-corrected chi connectivity index (χ2v) is 10.3. The zero-order valence-electron chi connectivity index (χ0n) is 23.0. The number of aliphatic carboxylic acids is 1. The van der Waals surface area contributed by atoms with Gasteiger partial charge in [0.05, 0.1) is 12.0 Å². The van der Waals surface area contributed by atoms with Crippen LogP contribution in [0, 0.1) is 0 Å². The number of aryl methyl sites for hydroxylation is 2. The number of nitrogens with one attached hydrogen (secondary N) is 1. The first kappa shape index (κ1) is 30.6. The first-order chi connectivity index (χ1) is 20.8. The fraction of sp³-hybridized carbons (Fsp3) is 0.250. The lowest BCUT2D eigenvalue weighted by molar-refractivity contribution is -0.461. The molecule has 1 aliphatic carbocycles. The summed E-state index contributed by atoms with van der Waals surface area (Å²) in [6.07, 6.45) is -4.68. The number of carbonyl (C=O) groups excluding carboxylic acids is 3. The van der Waals surface area contributed by atoms with Gasteiger partial charge in [0.25, 0.3) is 5.91 Å². The Morgan fingerprint density at radius 3 is 2.16 bits per heavy atom. The van der Waals surface area contributed by atoms with Gasteiger partial charge >= 0.3 is 18.4 Å². The second-order valence-electron chi connectivity index (χ2n) is 10.3. The lowest BCUT2D eigenvalue weighted by Gasteiger charge is -2.30. The number of carbonyl (C=O) groups is 4. The summed E-state index contributed by atoms with van der Waals surface area (Å²) < 4.78 is 63.2. The molecule has 0 bridgehead atoms. The number of rotatable bonds is 9. The van der Waals surface area contributed by atoms with Crippen LogP contribution in [-0.4, -0.2) is 41.4 Å². The van der Waals surface area contributed by atoms with Crippen molar-refractivity contribution in [1.29, 1.82) is 0 Å². The lowest BCUT2D eigenvalue weighted by Crippen LogP contribution is -2.41. The molecule has 0 radical (unpaired) electrons. The Kier molecular flexibility index (Phi) is 8.38. The molecule has 2 aliphatic rings. The third kappa shape index (κ3) is 6.70. The SMILES string of the molecule is O=C(O)CCNC(=O)c1ccc(C(=O)C(=CC(=O)c2ccc3c(c2)C(F)(F)OC(F)(F)O3)c2ccc3c(c2)CCCC3)cc1. The molecule has 8 nitrogen and oxygen atoms in total. The smallest absolute Gasteiger partial charge is 0.481 e. The summed E-state index contributed by atoms with van der Waals surface area (Å²) in [6, 6.07) is 13.4. The highest BCUT2D eigenvalue weighted by Gasteiger charge is 2.54. The van der Waals surface area contributed by atoms with Gasteiger partial charge in [0.1, 0.15) is 5.75 Å². The van der Waals surface area contributed by atoms with E-state index in [1.54, 1.807) is 12.1 Å². The average Bonchev–Trinajstić information content (AvgIpc) is 2.98. The number of halogens is 4. The lowest BCUT2D eigenvalue weighted by atomic mass is 9.87. The summed E-state index contributed by atoms with van der Waals surface area (Å²) in [5.41, 5.74) is 1.39. The Hall–Kier alpha value is -4.84. The van der Waals surface area contributed by atoms with Crippen molar-refractivity contribution >= 4 is 29.0 Å². The first-order valence-corrected chi connectivity index (χ1v) is 13.7. The summed E-state index contributed by atoms with van der Waals surface area (Å²) in [5, 5.41) is 11.2. The van der Waals surface area contributed by atoms with Crippen molar-refractivity contribution in [3.63, 3.8) is 0 Å². The Labute approximate surface area is 248 Å². The molecule has 2 N–H and O–H groups in total. The van der Waals surface area contributed by atoms with Crippen LogP contribution in [-0.2, 0) is 28.5 Å². The van der Waals surface area contributed by atoms with E-state index in [4.69, 9.17) is 5.11 Å². The molecule has 0 atom stereocenters. The number of hydrogen-bond donors (Lipinski definition) is 2. The van der Waals surface area contributed by atoms with E-state index >= 15 is 0 Å². The topological polar surface area (TPSA) is 119 Å². The highest BCUT2D eigenvalue weighted by molar-refractivity contribution is 6.32. The molecule has 44 heavy (non-hydrogen) atoms. The normalized spacial score (nSPS) is 16.6. The Morgan fingerprint density at radius 2 is 1.45 bits per heavy atom. The molecule has 0 saturated heterocycles. The maximum atomic E-state index is 14.3. The number of carboxylic acid groups (broad SMARTS) is 1. The molecule has 228 valence electrons. The maximum Gasteiger partial charge on any atom is 0.540 e. The van der Waals surface area contributed by atoms with Crippen molar-refractivity contribution < 1.29 is 51.3 Å². The van der Waals surface area contributed by atoms with E-state index in [-0.39, 0.29) is 35.2 Å². The predicted molar refractivity (Wildman–Crippen MR) is 148 cm³/mol. The van der Waals surface area contributed by atoms with E-state index in [1.165, 1.54) is 24.3 Å². The third-order valence-corrected chi connectivity index (χ3v) is 7.27. The van der Waals surface area contributed by atoms with E-state index in [0.717, 1.165) is 55.0 Å². The number of benzene rings is 3. The van der Waals surface area contributed by atoms with E-state index < -0.39 is 47.2 Å². The molecule has 0 fully saturated rings. The molecular weight excluding hydrogens is 586 g/mol. The van der Waals surface area contributed by atoms with Gasteiger partial charge in [-0.1, -0.05) is 30.3 Å². The Bertz CT molecular complexity index is 1680.